The lowest BCUT2D eigenvalue weighted by Gasteiger charge is -2.17. The fourth-order valence-electron chi connectivity index (χ4n) is 2.24. The molecule has 0 saturated carbocycles. The lowest BCUT2D eigenvalue weighted by atomic mass is 10.1. The molecule has 0 aliphatic rings. The second kappa shape index (κ2) is 7.29. The number of nitrogens with one attached hydrogen (secondary N) is 1. The molecule has 24 heavy (non-hydrogen) atoms. The maximum atomic E-state index is 12.6. The monoisotopic (exact) mass is 414 g/mol. The number of hydrogen-bond acceptors (Lipinski definition) is 5. The number of sulfonamides is 1. The van der Waals surface area contributed by atoms with Crippen LogP contribution in [0.2, 0.25) is 0 Å². The van der Waals surface area contributed by atoms with E-state index in [2.05, 4.69) is 20.7 Å². The summed E-state index contributed by atoms with van der Waals surface area (Å²) < 4.78 is 33.3. The van der Waals surface area contributed by atoms with E-state index in [1.54, 1.807) is 31.2 Å². The van der Waals surface area contributed by atoms with Gasteiger partial charge in [0.05, 0.1) is 12.0 Å². The van der Waals surface area contributed by atoms with Crippen LogP contribution < -0.4 is 9.46 Å². The summed E-state index contributed by atoms with van der Waals surface area (Å²) in [6, 6.07) is 10.1. The summed E-state index contributed by atoms with van der Waals surface area (Å²) in [5.41, 5.74) is 0.138. The molecule has 0 aromatic heterocycles. The van der Waals surface area contributed by atoms with E-state index in [-0.39, 0.29) is 0 Å². The van der Waals surface area contributed by atoms with Crippen molar-refractivity contribution in [3.63, 3.8) is 0 Å². The highest BCUT2D eigenvalue weighted by Gasteiger charge is 2.28. The topological polar surface area (TPSA) is 98.5 Å². The summed E-state index contributed by atoms with van der Waals surface area (Å²) in [5.74, 6) is 0.524. The van der Waals surface area contributed by atoms with Crippen LogP contribution in [0.25, 0.3) is 0 Å². The largest absolute Gasteiger partial charge is 0.496 e. The molecule has 2 aromatic rings. The smallest absolute Gasteiger partial charge is 0.289 e. The number of hydrogen-bond donors (Lipinski definition) is 1. The zero-order valence-corrected chi connectivity index (χ0v) is 15.3. The third-order valence-electron chi connectivity index (χ3n) is 3.35. The van der Waals surface area contributed by atoms with E-state index in [1.807, 2.05) is 0 Å². The number of nitrogens with zero attached hydrogens (tertiary/aromatic N) is 1. The van der Waals surface area contributed by atoms with Crippen LogP contribution >= 0.6 is 15.9 Å². The highest BCUT2D eigenvalue weighted by Crippen LogP contribution is 2.30. The van der Waals surface area contributed by atoms with Crippen molar-refractivity contribution >= 4 is 31.6 Å². The van der Waals surface area contributed by atoms with Gasteiger partial charge in [0.2, 0.25) is 10.0 Å². The van der Waals surface area contributed by atoms with Crippen LogP contribution in [0.15, 0.2) is 51.8 Å². The minimum absolute atomic E-state index is 0.399. The van der Waals surface area contributed by atoms with Crippen molar-refractivity contribution in [2.24, 2.45) is 0 Å². The normalized spacial score (nSPS) is 12.6. The average molecular weight is 415 g/mol. The third-order valence-corrected chi connectivity index (χ3v) is 5.41. The molecule has 0 spiro atoms. The molecule has 0 amide bonds. The first-order valence-corrected chi connectivity index (χ1v) is 9.13. The van der Waals surface area contributed by atoms with Gasteiger partial charge in [0.1, 0.15) is 5.75 Å². The number of rotatable bonds is 6. The molecule has 2 rings (SSSR count). The number of methoxy groups -OCH3 is 1. The SMILES string of the molecule is COc1ccccc1C(C)NS(=O)(=O)c1cc(Br)ccc1[N+](=O)[O-]. The zero-order valence-electron chi connectivity index (χ0n) is 12.9. The van der Waals surface area contributed by atoms with Crippen LogP contribution in [0.5, 0.6) is 5.75 Å². The molecule has 128 valence electrons. The Morgan fingerprint density at radius 1 is 1.25 bits per heavy atom. The third kappa shape index (κ3) is 3.92. The molecule has 0 radical (unpaired) electrons. The number of nitro benzene ring substituents is 1. The number of para-hydroxylation sites is 1. The molecule has 1 atom stereocenters. The predicted octanol–water partition coefficient (Wildman–Crippen LogP) is 3.41. The fraction of sp³-hybridized carbons (Fsp3) is 0.200. The summed E-state index contributed by atoms with van der Waals surface area (Å²) in [6.07, 6.45) is 0. The van der Waals surface area contributed by atoms with E-state index >= 15 is 0 Å². The molecular formula is C15H15BrN2O5S. The van der Waals surface area contributed by atoms with Crippen LogP contribution in [0.1, 0.15) is 18.5 Å². The summed E-state index contributed by atoms with van der Waals surface area (Å²) in [5, 5.41) is 11.1. The fourth-order valence-corrected chi connectivity index (χ4v) is 4.17. The van der Waals surface area contributed by atoms with Crippen LogP contribution in [0, 0.1) is 10.1 Å². The van der Waals surface area contributed by atoms with Gasteiger partial charge in [-0.1, -0.05) is 34.1 Å². The highest BCUT2D eigenvalue weighted by molar-refractivity contribution is 9.10. The van der Waals surface area contributed by atoms with Crippen LogP contribution in [-0.4, -0.2) is 20.5 Å². The molecule has 1 N–H and O–H groups in total. The van der Waals surface area contributed by atoms with E-state index in [4.69, 9.17) is 4.74 Å². The van der Waals surface area contributed by atoms with Gasteiger partial charge >= 0.3 is 0 Å². The Kier molecular flexibility index (Phi) is 5.58. The van der Waals surface area contributed by atoms with Crippen molar-refractivity contribution in [3.05, 3.63) is 62.6 Å². The maximum absolute atomic E-state index is 12.6. The van der Waals surface area contributed by atoms with E-state index < -0.39 is 31.6 Å². The molecule has 0 saturated heterocycles. The molecule has 0 fully saturated rings. The van der Waals surface area contributed by atoms with Crippen molar-refractivity contribution in [2.75, 3.05) is 7.11 Å². The van der Waals surface area contributed by atoms with E-state index in [1.165, 1.54) is 19.2 Å². The Balaban J connectivity index is 2.42. The van der Waals surface area contributed by atoms with Gasteiger partial charge < -0.3 is 4.74 Å². The summed E-state index contributed by atoms with van der Waals surface area (Å²) >= 11 is 3.14. The van der Waals surface area contributed by atoms with Gasteiger partial charge in [-0.05, 0) is 25.1 Å². The Labute approximate surface area is 148 Å². The number of ether oxygens (including phenoxy) is 1. The molecule has 0 bridgehead atoms. The van der Waals surface area contributed by atoms with E-state index in [0.717, 1.165) is 6.07 Å². The van der Waals surface area contributed by atoms with Crippen LogP contribution in [0.3, 0.4) is 0 Å². The minimum atomic E-state index is -4.11. The Morgan fingerprint density at radius 2 is 1.92 bits per heavy atom. The number of halogens is 1. The molecule has 0 heterocycles. The molecule has 0 aliphatic heterocycles. The Morgan fingerprint density at radius 3 is 2.54 bits per heavy atom. The van der Waals surface area contributed by atoms with Crippen molar-refractivity contribution in [1.29, 1.82) is 0 Å². The van der Waals surface area contributed by atoms with E-state index in [0.29, 0.717) is 15.8 Å². The zero-order chi connectivity index (χ0) is 17.9. The van der Waals surface area contributed by atoms with Crippen LogP contribution in [-0.2, 0) is 10.0 Å². The van der Waals surface area contributed by atoms with Gasteiger partial charge in [-0.15, -0.1) is 0 Å². The van der Waals surface area contributed by atoms with Gasteiger partial charge in [0.15, 0.2) is 4.90 Å². The lowest BCUT2D eigenvalue weighted by Crippen LogP contribution is -2.27. The first kappa shape index (κ1) is 18.4. The molecular weight excluding hydrogens is 400 g/mol. The first-order chi connectivity index (χ1) is 11.3. The molecule has 1 unspecified atom stereocenters. The van der Waals surface area contributed by atoms with Gasteiger partial charge in [0.25, 0.3) is 5.69 Å². The van der Waals surface area contributed by atoms with E-state index in [9.17, 15) is 18.5 Å². The second-order valence-electron chi connectivity index (χ2n) is 4.95. The number of benzene rings is 2. The summed E-state index contributed by atoms with van der Waals surface area (Å²) in [7, 11) is -2.62. The second-order valence-corrected chi connectivity index (χ2v) is 7.55. The van der Waals surface area contributed by atoms with Crippen molar-refractivity contribution in [3.8, 4) is 5.75 Å². The van der Waals surface area contributed by atoms with Gasteiger partial charge in [-0.3, -0.25) is 10.1 Å². The molecule has 0 aliphatic carbocycles. The standard InChI is InChI=1S/C15H15BrN2O5S/c1-10(12-5-3-4-6-14(12)23-2)17-24(21,22)15-9-11(16)7-8-13(15)18(19)20/h3-10,17H,1-2H3. The number of nitro groups is 1. The van der Waals surface area contributed by atoms with Gasteiger partial charge in [0, 0.05) is 22.1 Å². The van der Waals surface area contributed by atoms with Gasteiger partial charge in [-0.25, -0.2) is 13.1 Å². The Bertz CT molecular complexity index is 870. The van der Waals surface area contributed by atoms with Gasteiger partial charge in [-0.2, -0.15) is 0 Å². The predicted molar refractivity (Wildman–Crippen MR) is 92.5 cm³/mol. The van der Waals surface area contributed by atoms with Crippen molar-refractivity contribution in [1.82, 2.24) is 4.72 Å². The average Bonchev–Trinajstić information content (AvgIpc) is 2.54. The summed E-state index contributed by atoms with van der Waals surface area (Å²) in [6.45, 7) is 1.64. The highest BCUT2D eigenvalue weighted by atomic mass is 79.9. The quantitative estimate of drug-likeness (QED) is 0.576. The van der Waals surface area contributed by atoms with Crippen molar-refractivity contribution in [2.45, 2.75) is 17.9 Å². The first-order valence-electron chi connectivity index (χ1n) is 6.85. The molecule has 9 heteroatoms. The molecule has 7 nitrogen and oxygen atoms in total. The molecule has 2 aromatic carbocycles. The summed E-state index contributed by atoms with van der Waals surface area (Å²) in [4.78, 5) is 9.99. The minimum Gasteiger partial charge on any atom is -0.496 e. The van der Waals surface area contributed by atoms with Crippen molar-refractivity contribution < 1.29 is 18.1 Å². The maximum Gasteiger partial charge on any atom is 0.289 e. The van der Waals surface area contributed by atoms with Crippen LogP contribution in [0.4, 0.5) is 5.69 Å². The Hall–Kier alpha value is -1.97. The lowest BCUT2D eigenvalue weighted by molar-refractivity contribution is -0.387.